The van der Waals surface area contributed by atoms with Crippen LogP contribution in [0.25, 0.3) is 0 Å². The Morgan fingerprint density at radius 1 is 1.27 bits per heavy atom. The molecule has 82 valence electrons. The summed E-state index contributed by atoms with van der Waals surface area (Å²) < 4.78 is 5.27. The third-order valence-electron chi connectivity index (χ3n) is 3.50. The van der Waals surface area contributed by atoms with E-state index in [0.717, 1.165) is 25.0 Å². The van der Waals surface area contributed by atoms with E-state index >= 15 is 0 Å². The fourth-order valence-electron chi connectivity index (χ4n) is 2.30. The van der Waals surface area contributed by atoms with Crippen LogP contribution in [-0.2, 0) is 11.2 Å². The van der Waals surface area contributed by atoms with E-state index in [1.807, 2.05) is 0 Å². The van der Waals surface area contributed by atoms with E-state index < -0.39 is 0 Å². The molecule has 0 amide bonds. The molecule has 0 N–H and O–H groups in total. The van der Waals surface area contributed by atoms with Gasteiger partial charge in [0.15, 0.2) is 0 Å². The molecule has 0 aromatic heterocycles. The summed E-state index contributed by atoms with van der Waals surface area (Å²) in [6, 6.07) is 10.8. The first-order valence-electron chi connectivity index (χ1n) is 6.02. The molecule has 1 aliphatic rings. The van der Waals surface area contributed by atoms with Gasteiger partial charge in [0.2, 0.25) is 0 Å². The number of ether oxygens (including phenoxy) is 1. The summed E-state index contributed by atoms with van der Waals surface area (Å²) in [5, 5.41) is 0. The Morgan fingerprint density at radius 2 is 2.00 bits per heavy atom. The number of benzene rings is 1. The Hall–Kier alpha value is -0.820. The SMILES string of the molecule is CCC(CCc1ccccc1)C1COC1. The van der Waals surface area contributed by atoms with Gasteiger partial charge < -0.3 is 4.74 Å². The first-order chi connectivity index (χ1) is 7.40. The van der Waals surface area contributed by atoms with Gasteiger partial charge in [-0.2, -0.15) is 0 Å². The monoisotopic (exact) mass is 204 g/mol. The van der Waals surface area contributed by atoms with Crippen molar-refractivity contribution >= 4 is 0 Å². The van der Waals surface area contributed by atoms with E-state index in [0.29, 0.717) is 0 Å². The van der Waals surface area contributed by atoms with Gasteiger partial charge in [0, 0.05) is 5.92 Å². The average Bonchev–Trinajstić information content (AvgIpc) is 2.23. The van der Waals surface area contributed by atoms with Crippen LogP contribution < -0.4 is 0 Å². The Kier molecular flexibility index (Phi) is 3.79. The van der Waals surface area contributed by atoms with Crippen LogP contribution in [-0.4, -0.2) is 13.2 Å². The lowest BCUT2D eigenvalue weighted by atomic mass is 9.84. The van der Waals surface area contributed by atoms with E-state index in [2.05, 4.69) is 37.3 Å². The van der Waals surface area contributed by atoms with E-state index in [-0.39, 0.29) is 0 Å². The van der Waals surface area contributed by atoms with Crippen molar-refractivity contribution in [2.24, 2.45) is 11.8 Å². The standard InChI is InChI=1S/C14H20O/c1-2-13(14-10-15-11-14)9-8-12-6-4-3-5-7-12/h3-7,13-14H,2,8-11H2,1H3. The Labute approximate surface area is 92.5 Å². The van der Waals surface area contributed by atoms with Crippen LogP contribution in [0.15, 0.2) is 30.3 Å². The summed E-state index contributed by atoms with van der Waals surface area (Å²) in [4.78, 5) is 0. The summed E-state index contributed by atoms with van der Waals surface area (Å²) in [6.45, 7) is 4.29. The Morgan fingerprint density at radius 3 is 2.53 bits per heavy atom. The molecular formula is C14H20O. The van der Waals surface area contributed by atoms with Gasteiger partial charge in [-0.3, -0.25) is 0 Å². The maximum atomic E-state index is 5.27. The molecule has 1 heteroatoms. The molecular weight excluding hydrogens is 184 g/mol. The van der Waals surface area contributed by atoms with Crippen LogP contribution in [0, 0.1) is 11.8 Å². The molecule has 1 aromatic carbocycles. The molecule has 1 unspecified atom stereocenters. The van der Waals surface area contributed by atoms with Gasteiger partial charge in [-0.15, -0.1) is 0 Å². The predicted molar refractivity (Wildman–Crippen MR) is 62.9 cm³/mol. The fraction of sp³-hybridized carbons (Fsp3) is 0.571. The summed E-state index contributed by atoms with van der Waals surface area (Å²) in [7, 11) is 0. The molecule has 1 heterocycles. The molecule has 1 aromatic rings. The second-order valence-corrected chi connectivity index (χ2v) is 4.49. The lowest BCUT2D eigenvalue weighted by molar-refractivity contribution is -0.0629. The smallest absolute Gasteiger partial charge is 0.0519 e. The maximum Gasteiger partial charge on any atom is 0.0519 e. The van der Waals surface area contributed by atoms with Gasteiger partial charge in [0.1, 0.15) is 0 Å². The van der Waals surface area contributed by atoms with Crippen LogP contribution in [0.1, 0.15) is 25.3 Å². The third kappa shape index (κ3) is 2.82. The molecule has 0 aliphatic carbocycles. The van der Waals surface area contributed by atoms with Gasteiger partial charge in [-0.1, -0.05) is 43.7 Å². The zero-order valence-electron chi connectivity index (χ0n) is 9.49. The van der Waals surface area contributed by atoms with E-state index in [1.165, 1.54) is 24.8 Å². The highest BCUT2D eigenvalue weighted by Gasteiger charge is 2.26. The van der Waals surface area contributed by atoms with Crippen molar-refractivity contribution in [3.63, 3.8) is 0 Å². The minimum absolute atomic E-state index is 0.832. The van der Waals surface area contributed by atoms with E-state index in [9.17, 15) is 0 Å². The third-order valence-corrected chi connectivity index (χ3v) is 3.50. The normalized spacial score (nSPS) is 18.5. The van der Waals surface area contributed by atoms with Crippen molar-refractivity contribution in [3.05, 3.63) is 35.9 Å². The second-order valence-electron chi connectivity index (χ2n) is 4.49. The number of rotatable bonds is 5. The highest BCUT2D eigenvalue weighted by molar-refractivity contribution is 5.14. The van der Waals surface area contributed by atoms with Crippen LogP contribution >= 0.6 is 0 Å². The highest BCUT2D eigenvalue weighted by Crippen LogP contribution is 2.27. The Balaban J connectivity index is 1.80. The van der Waals surface area contributed by atoms with Crippen LogP contribution in [0.2, 0.25) is 0 Å². The van der Waals surface area contributed by atoms with Gasteiger partial charge in [0.05, 0.1) is 13.2 Å². The maximum absolute atomic E-state index is 5.27. The molecule has 0 spiro atoms. The van der Waals surface area contributed by atoms with Crippen molar-refractivity contribution in [3.8, 4) is 0 Å². The molecule has 1 atom stereocenters. The van der Waals surface area contributed by atoms with Crippen LogP contribution in [0.4, 0.5) is 0 Å². The van der Waals surface area contributed by atoms with Gasteiger partial charge in [0.25, 0.3) is 0 Å². The predicted octanol–water partition coefficient (Wildman–Crippen LogP) is 3.29. The minimum Gasteiger partial charge on any atom is -0.381 e. The molecule has 0 saturated carbocycles. The van der Waals surface area contributed by atoms with Crippen molar-refractivity contribution in [1.29, 1.82) is 0 Å². The molecule has 1 saturated heterocycles. The summed E-state index contributed by atoms with van der Waals surface area (Å²) >= 11 is 0. The van der Waals surface area contributed by atoms with Crippen molar-refractivity contribution < 1.29 is 4.74 Å². The first-order valence-corrected chi connectivity index (χ1v) is 6.02. The zero-order chi connectivity index (χ0) is 10.5. The second kappa shape index (κ2) is 5.32. The van der Waals surface area contributed by atoms with Gasteiger partial charge in [-0.25, -0.2) is 0 Å². The summed E-state index contributed by atoms with van der Waals surface area (Å²) in [5.41, 5.74) is 1.47. The zero-order valence-corrected chi connectivity index (χ0v) is 9.49. The number of aryl methyl sites for hydroxylation is 1. The number of hydrogen-bond acceptors (Lipinski definition) is 1. The number of hydrogen-bond donors (Lipinski definition) is 0. The lowest BCUT2D eigenvalue weighted by Gasteiger charge is -2.33. The molecule has 1 fully saturated rings. The van der Waals surface area contributed by atoms with Gasteiger partial charge >= 0.3 is 0 Å². The fourth-order valence-corrected chi connectivity index (χ4v) is 2.30. The van der Waals surface area contributed by atoms with E-state index in [1.54, 1.807) is 0 Å². The molecule has 2 rings (SSSR count). The minimum atomic E-state index is 0.832. The van der Waals surface area contributed by atoms with E-state index in [4.69, 9.17) is 4.74 Å². The largest absolute Gasteiger partial charge is 0.381 e. The lowest BCUT2D eigenvalue weighted by Crippen LogP contribution is -2.34. The summed E-state index contributed by atoms with van der Waals surface area (Å²) in [5.74, 6) is 1.69. The summed E-state index contributed by atoms with van der Waals surface area (Å²) in [6.07, 6.45) is 3.82. The van der Waals surface area contributed by atoms with Crippen molar-refractivity contribution in [2.45, 2.75) is 26.2 Å². The van der Waals surface area contributed by atoms with Crippen LogP contribution in [0.5, 0.6) is 0 Å². The molecule has 0 radical (unpaired) electrons. The molecule has 1 aliphatic heterocycles. The Bertz CT molecular complexity index is 277. The van der Waals surface area contributed by atoms with Crippen molar-refractivity contribution in [2.75, 3.05) is 13.2 Å². The van der Waals surface area contributed by atoms with Crippen molar-refractivity contribution in [1.82, 2.24) is 0 Å². The molecule has 15 heavy (non-hydrogen) atoms. The first kappa shape index (κ1) is 10.7. The van der Waals surface area contributed by atoms with Gasteiger partial charge in [-0.05, 0) is 24.3 Å². The highest BCUT2D eigenvalue weighted by atomic mass is 16.5. The average molecular weight is 204 g/mol. The van der Waals surface area contributed by atoms with Crippen LogP contribution in [0.3, 0.4) is 0 Å². The molecule has 0 bridgehead atoms. The molecule has 1 nitrogen and oxygen atoms in total. The topological polar surface area (TPSA) is 9.23 Å². The quantitative estimate of drug-likeness (QED) is 0.715.